The summed E-state index contributed by atoms with van der Waals surface area (Å²) in [5.41, 5.74) is 2.94. The van der Waals surface area contributed by atoms with E-state index in [1.54, 1.807) is 6.07 Å². The number of phenolic OH excluding ortho intramolecular Hbond substituents is 1. The molecule has 0 saturated carbocycles. The van der Waals surface area contributed by atoms with Crippen LogP contribution >= 0.6 is 0 Å². The minimum Gasteiger partial charge on any atom is -0.506 e. The molecule has 0 radical (unpaired) electrons. The fourth-order valence-corrected chi connectivity index (χ4v) is 2.88. The minimum atomic E-state index is 0.327. The molecule has 144 valence electrons. The standard InChI is InChI=1S/C21H39N3O/c1-4-7-10-15-22-18-13-14-19(25)21(24-17-12-9-6-3)20(18)23-16-11-8-5-2/h13-14,22-25H,4-12,15-17H2,1-3H3. The Labute approximate surface area is 154 Å². The van der Waals surface area contributed by atoms with E-state index in [0.29, 0.717) is 5.75 Å². The molecule has 1 aromatic rings. The molecule has 4 N–H and O–H groups in total. The fourth-order valence-electron chi connectivity index (χ4n) is 2.88. The first-order valence-electron chi connectivity index (χ1n) is 10.3. The molecule has 4 heteroatoms. The van der Waals surface area contributed by atoms with Crippen molar-refractivity contribution in [2.75, 3.05) is 35.6 Å². The lowest BCUT2D eigenvalue weighted by atomic mass is 10.1. The summed E-state index contributed by atoms with van der Waals surface area (Å²) < 4.78 is 0. The molecule has 0 atom stereocenters. The first-order valence-corrected chi connectivity index (χ1v) is 10.3. The van der Waals surface area contributed by atoms with Gasteiger partial charge >= 0.3 is 0 Å². The number of hydrogen-bond donors (Lipinski definition) is 4. The molecule has 25 heavy (non-hydrogen) atoms. The predicted octanol–water partition coefficient (Wildman–Crippen LogP) is 6.20. The molecule has 0 amide bonds. The van der Waals surface area contributed by atoms with Crippen LogP contribution in [0.3, 0.4) is 0 Å². The largest absolute Gasteiger partial charge is 0.506 e. The summed E-state index contributed by atoms with van der Waals surface area (Å²) in [6, 6.07) is 3.78. The van der Waals surface area contributed by atoms with Crippen molar-refractivity contribution in [2.24, 2.45) is 0 Å². The second kappa shape index (κ2) is 13.7. The van der Waals surface area contributed by atoms with Gasteiger partial charge in [0.15, 0.2) is 0 Å². The molecule has 0 fully saturated rings. The Bertz CT molecular complexity index is 463. The summed E-state index contributed by atoms with van der Waals surface area (Å²) in [5, 5.41) is 20.9. The van der Waals surface area contributed by atoms with Crippen LogP contribution < -0.4 is 16.0 Å². The maximum absolute atomic E-state index is 10.4. The lowest BCUT2D eigenvalue weighted by Crippen LogP contribution is -2.11. The third-order valence-corrected chi connectivity index (χ3v) is 4.44. The van der Waals surface area contributed by atoms with Crippen molar-refractivity contribution in [3.8, 4) is 5.75 Å². The Kier molecular flexibility index (Phi) is 11.7. The van der Waals surface area contributed by atoms with Gasteiger partial charge in [0, 0.05) is 19.6 Å². The molecule has 0 aliphatic carbocycles. The van der Waals surface area contributed by atoms with Gasteiger partial charge in [0.25, 0.3) is 0 Å². The van der Waals surface area contributed by atoms with Gasteiger partial charge in [-0.15, -0.1) is 0 Å². The highest BCUT2D eigenvalue weighted by atomic mass is 16.3. The summed E-state index contributed by atoms with van der Waals surface area (Å²) in [5.74, 6) is 0.327. The number of aromatic hydroxyl groups is 1. The zero-order valence-corrected chi connectivity index (χ0v) is 16.6. The van der Waals surface area contributed by atoms with Crippen LogP contribution in [0, 0.1) is 0 Å². The summed E-state index contributed by atoms with van der Waals surface area (Å²) in [7, 11) is 0. The van der Waals surface area contributed by atoms with E-state index in [1.807, 2.05) is 6.07 Å². The van der Waals surface area contributed by atoms with Gasteiger partial charge in [-0.2, -0.15) is 0 Å². The van der Waals surface area contributed by atoms with Crippen LogP contribution in [0.15, 0.2) is 12.1 Å². The topological polar surface area (TPSA) is 56.3 Å². The number of hydrogen-bond acceptors (Lipinski definition) is 4. The maximum Gasteiger partial charge on any atom is 0.140 e. The Morgan fingerprint density at radius 2 is 1.12 bits per heavy atom. The Morgan fingerprint density at radius 1 is 0.640 bits per heavy atom. The van der Waals surface area contributed by atoms with Gasteiger partial charge in [0.05, 0.1) is 11.4 Å². The molecule has 0 spiro atoms. The lowest BCUT2D eigenvalue weighted by Gasteiger charge is -2.20. The van der Waals surface area contributed by atoms with Crippen LogP contribution in [0.2, 0.25) is 0 Å². The fraction of sp³-hybridized carbons (Fsp3) is 0.714. The van der Waals surface area contributed by atoms with Crippen molar-refractivity contribution in [2.45, 2.75) is 78.6 Å². The Balaban J connectivity index is 2.80. The number of rotatable bonds is 15. The van der Waals surface area contributed by atoms with Gasteiger partial charge in [-0.1, -0.05) is 59.3 Å². The van der Waals surface area contributed by atoms with E-state index >= 15 is 0 Å². The highest BCUT2D eigenvalue weighted by Crippen LogP contribution is 2.38. The molecule has 0 aliphatic heterocycles. The molecule has 0 aromatic heterocycles. The zero-order chi connectivity index (χ0) is 18.3. The molecule has 4 nitrogen and oxygen atoms in total. The van der Waals surface area contributed by atoms with Crippen molar-refractivity contribution in [3.63, 3.8) is 0 Å². The minimum absolute atomic E-state index is 0.327. The predicted molar refractivity (Wildman–Crippen MR) is 112 cm³/mol. The molecule has 0 saturated heterocycles. The number of phenols is 1. The van der Waals surface area contributed by atoms with Crippen LogP contribution in [-0.2, 0) is 0 Å². The van der Waals surface area contributed by atoms with Crippen LogP contribution in [0.4, 0.5) is 17.1 Å². The van der Waals surface area contributed by atoms with E-state index in [-0.39, 0.29) is 0 Å². The van der Waals surface area contributed by atoms with Crippen molar-refractivity contribution in [1.29, 1.82) is 0 Å². The number of nitrogens with one attached hydrogen (secondary N) is 3. The van der Waals surface area contributed by atoms with E-state index in [2.05, 4.69) is 36.7 Å². The van der Waals surface area contributed by atoms with E-state index in [4.69, 9.17) is 0 Å². The second-order valence-electron chi connectivity index (χ2n) is 6.78. The quantitative estimate of drug-likeness (QED) is 0.173. The molecular formula is C21H39N3O. The molecular weight excluding hydrogens is 310 g/mol. The van der Waals surface area contributed by atoms with Gasteiger partial charge in [0.2, 0.25) is 0 Å². The summed E-state index contributed by atoms with van der Waals surface area (Å²) in [6.45, 7) is 9.45. The van der Waals surface area contributed by atoms with E-state index < -0.39 is 0 Å². The first-order chi connectivity index (χ1) is 12.2. The maximum atomic E-state index is 10.4. The Hall–Kier alpha value is -1.58. The second-order valence-corrected chi connectivity index (χ2v) is 6.78. The third-order valence-electron chi connectivity index (χ3n) is 4.44. The lowest BCUT2D eigenvalue weighted by molar-refractivity contribution is 0.477. The summed E-state index contributed by atoms with van der Waals surface area (Å²) in [6.07, 6.45) is 10.8. The van der Waals surface area contributed by atoms with Crippen LogP contribution in [-0.4, -0.2) is 24.7 Å². The molecule has 1 rings (SSSR count). The normalized spacial score (nSPS) is 10.7. The van der Waals surface area contributed by atoms with Gasteiger partial charge in [-0.3, -0.25) is 0 Å². The van der Waals surface area contributed by atoms with E-state index in [9.17, 15) is 5.11 Å². The number of benzene rings is 1. The molecule has 0 unspecified atom stereocenters. The Morgan fingerprint density at radius 3 is 1.64 bits per heavy atom. The van der Waals surface area contributed by atoms with Crippen LogP contribution in [0.1, 0.15) is 78.6 Å². The molecule has 0 aliphatic rings. The monoisotopic (exact) mass is 349 g/mol. The average Bonchev–Trinajstić information content (AvgIpc) is 2.62. The van der Waals surface area contributed by atoms with E-state index in [0.717, 1.165) is 49.5 Å². The smallest absolute Gasteiger partial charge is 0.140 e. The first kappa shape index (κ1) is 21.5. The molecule has 0 bridgehead atoms. The van der Waals surface area contributed by atoms with Crippen LogP contribution in [0.25, 0.3) is 0 Å². The van der Waals surface area contributed by atoms with E-state index in [1.165, 1.54) is 44.9 Å². The number of anilines is 3. The van der Waals surface area contributed by atoms with Gasteiger partial charge in [-0.25, -0.2) is 0 Å². The SMILES string of the molecule is CCCCCNc1ccc(O)c(NCCCCC)c1NCCCCC. The van der Waals surface area contributed by atoms with Gasteiger partial charge in [-0.05, 0) is 31.4 Å². The zero-order valence-electron chi connectivity index (χ0n) is 16.6. The molecule has 0 heterocycles. The number of unbranched alkanes of at least 4 members (excludes halogenated alkanes) is 6. The van der Waals surface area contributed by atoms with Crippen molar-refractivity contribution in [3.05, 3.63) is 12.1 Å². The van der Waals surface area contributed by atoms with Crippen molar-refractivity contribution < 1.29 is 5.11 Å². The van der Waals surface area contributed by atoms with Gasteiger partial charge < -0.3 is 21.1 Å². The highest BCUT2D eigenvalue weighted by Gasteiger charge is 2.12. The van der Waals surface area contributed by atoms with Gasteiger partial charge in [0.1, 0.15) is 11.4 Å². The van der Waals surface area contributed by atoms with Crippen molar-refractivity contribution >= 4 is 17.1 Å². The highest BCUT2D eigenvalue weighted by molar-refractivity contribution is 5.86. The average molecular weight is 350 g/mol. The molecule has 1 aromatic carbocycles. The summed E-state index contributed by atoms with van der Waals surface area (Å²) >= 11 is 0. The van der Waals surface area contributed by atoms with Crippen LogP contribution in [0.5, 0.6) is 5.75 Å². The third kappa shape index (κ3) is 8.37. The van der Waals surface area contributed by atoms with Crippen molar-refractivity contribution in [1.82, 2.24) is 0 Å². The summed E-state index contributed by atoms with van der Waals surface area (Å²) in [4.78, 5) is 0.